The number of piperazine rings is 1. The second-order valence-electron chi connectivity index (χ2n) is 8.66. The number of fused-ring (bicyclic) bond motifs is 1. The number of hydrogen-bond donors (Lipinski definition) is 1. The van der Waals surface area contributed by atoms with Gasteiger partial charge in [0.15, 0.2) is 17.8 Å². The zero-order valence-corrected chi connectivity index (χ0v) is 21.3. The highest BCUT2D eigenvalue weighted by molar-refractivity contribution is 6.32. The Morgan fingerprint density at radius 1 is 1.11 bits per heavy atom. The maximum atomic E-state index is 13.3. The predicted molar refractivity (Wildman–Crippen MR) is 145 cm³/mol. The highest BCUT2D eigenvalue weighted by atomic mass is 35.5. The molecule has 0 spiro atoms. The highest BCUT2D eigenvalue weighted by Crippen LogP contribution is 2.28. The molecule has 10 heteroatoms. The second-order valence-corrected chi connectivity index (χ2v) is 9.07. The van der Waals surface area contributed by atoms with Crippen LogP contribution in [0.2, 0.25) is 5.02 Å². The number of rotatable bonds is 4. The number of benzene rings is 3. The van der Waals surface area contributed by atoms with Crippen molar-refractivity contribution in [1.82, 2.24) is 14.8 Å². The topological polar surface area (TPSA) is 115 Å². The first-order valence-electron chi connectivity index (χ1n) is 11.9. The van der Waals surface area contributed by atoms with Gasteiger partial charge in [0.1, 0.15) is 11.6 Å². The molecule has 2 heterocycles. The minimum atomic E-state index is -0.0971. The lowest BCUT2D eigenvalue weighted by atomic mass is 10.1. The largest absolute Gasteiger partial charge is 0.436 e. The Balaban J connectivity index is 1.27. The molecule has 5 rings (SSSR count). The average Bonchev–Trinajstić information content (AvgIpc) is 3.39. The van der Waals surface area contributed by atoms with Gasteiger partial charge in [0, 0.05) is 49.9 Å². The molecule has 0 atom stereocenters. The molecule has 0 saturated carbocycles. The molecule has 3 aromatic carbocycles. The Hall–Kier alpha value is -4.68. The molecule has 1 aliphatic heterocycles. The molecule has 0 bridgehead atoms. The summed E-state index contributed by atoms with van der Waals surface area (Å²) in [5.74, 6) is 0.907. The Bertz CT molecular complexity index is 1600. The summed E-state index contributed by atoms with van der Waals surface area (Å²) in [5.41, 5.74) is 3.87. The summed E-state index contributed by atoms with van der Waals surface area (Å²) in [6, 6.07) is 19.4. The predicted octanol–water partition coefficient (Wildman–Crippen LogP) is 4.69. The van der Waals surface area contributed by atoms with E-state index in [2.05, 4.69) is 20.2 Å². The molecule has 0 aliphatic carbocycles. The number of nitrogens with zero attached hydrogens (tertiary/aromatic N) is 5. The van der Waals surface area contributed by atoms with E-state index in [1.165, 1.54) is 0 Å². The number of aliphatic imine (C=N–C) groups is 1. The molecule has 1 amide bonds. The third-order valence-electron chi connectivity index (χ3n) is 6.38. The van der Waals surface area contributed by atoms with Gasteiger partial charge in [-0.15, -0.1) is 0 Å². The summed E-state index contributed by atoms with van der Waals surface area (Å²) in [7, 11) is 1.69. The van der Waals surface area contributed by atoms with E-state index in [0.29, 0.717) is 82.1 Å². The molecular formula is C28H23ClN6O3. The monoisotopic (exact) mass is 526 g/mol. The first kappa shape index (κ1) is 25.0. The normalized spacial score (nSPS) is 13.9. The van der Waals surface area contributed by atoms with Crippen molar-refractivity contribution in [2.45, 2.75) is 0 Å². The molecule has 1 aliphatic rings. The Kier molecular flexibility index (Phi) is 7.07. The number of para-hydroxylation sites is 1. The van der Waals surface area contributed by atoms with E-state index >= 15 is 0 Å². The van der Waals surface area contributed by atoms with Crippen LogP contribution in [-0.4, -0.2) is 66.2 Å². The fourth-order valence-electron chi connectivity index (χ4n) is 4.33. The van der Waals surface area contributed by atoms with Crippen molar-refractivity contribution in [2.24, 2.45) is 4.99 Å². The van der Waals surface area contributed by atoms with Crippen LogP contribution in [0.25, 0.3) is 22.6 Å². The molecule has 38 heavy (non-hydrogen) atoms. The van der Waals surface area contributed by atoms with Crippen molar-refractivity contribution in [2.75, 3.05) is 38.5 Å². The van der Waals surface area contributed by atoms with Gasteiger partial charge in [-0.1, -0.05) is 23.7 Å². The lowest BCUT2D eigenvalue weighted by molar-refractivity contribution is 0.0691. The van der Waals surface area contributed by atoms with Crippen molar-refractivity contribution >= 4 is 46.5 Å². The summed E-state index contributed by atoms with van der Waals surface area (Å²) < 4.78 is 5.92. The summed E-state index contributed by atoms with van der Waals surface area (Å²) in [4.78, 5) is 37.3. The van der Waals surface area contributed by atoms with E-state index in [-0.39, 0.29) is 5.91 Å². The van der Waals surface area contributed by atoms with Gasteiger partial charge in [0.25, 0.3) is 5.91 Å². The first-order valence-corrected chi connectivity index (χ1v) is 12.3. The van der Waals surface area contributed by atoms with Crippen LogP contribution in [0.15, 0.2) is 70.1 Å². The number of amides is 1. The summed E-state index contributed by atoms with van der Waals surface area (Å²) in [6.07, 6.45) is 0.806. The smallest absolute Gasteiger partial charge is 0.254 e. The average molecular weight is 527 g/mol. The number of carbonyl (C=O) groups excluding carboxylic acids is 2. The third-order valence-corrected chi connectivity index (χ3v) is 6.70. The Morgan fingerprint density at radius 3 is 2.58 bits per heavy atom. The van der Waals surface area contributed by atoms with Crippen molar-refractivity contribution in [3.8, 4) is 17.5 Å². The third kappa shape index (κ3) is 4.94. The lowest BCUT2D eigenvalue weighted by Gasteiger charge is -2.36. The number of anilines is 1. The van der Waals surface area contributed by atoms with E-state index in [9.17, 15) is 9.59 Å². The van der Waals surface area contributed by atoms with Crippen molar-refractivity contribution < 1.29 is 14.0 Å². The van der Waals surface area contributed by atoms with Gasteiger partial charge in [0.2, 0.25) is 5.89 Å². The van der Waals surface area contributed by atoms with Crippen LogP contribution in [0.1, 0.15) is 26.3 Å². The number of nitrogens with one attached hydrogen (secondary N) is 1. The summed E-state index contributed by atoms with van der Waals surface area (Å²) in [5, 5.41) is 12.6. The quantitative estimate of drug-likeness (QED) is 0.233. The molecular weight excluding hydrogens is 504 g/mol. The molecule has 190 valence electrons. The lowest BCUT2D eigenvalue weighted by Crippen LogP contribution is -2.52. The van der Waals surface area contributed by atoms with Gasteiger partial charge < -0.3 is 19.5 Å². The molecule has 0 unspecified atom stereocenters. The van der Waals surface area contributed by atoms with Gasteiger partial charge in [-0.2, -0.15) is 5.26 Å². The van der Waals surface area contributed by atoms with E-state index < -0.39 is 0 Å². The van der Waals surface area contributed by atoms with E-state index in [4.69, 9.17) is 21.3 Å². The van der Waals surface area contributed by atoms with E-state index in [1.807, 2.05) is 24.3 Å². The number of oxazole rings is 1. The standard InChI is InChI=1S/C28H23ClN6O3/c1-31-28(33-23-5-3-2-4-21(23)17-36)35-12-10-34(11-13-35)27(37)19-8-9-24-25(15-19)38-26(32-24)18-6-7-20(16-30)22(29)14-18/h2-9,14-15,17H,10-13H2,1H3,(H,31,33). The zero-order chi connectivity index (χ0) is 26.6. The maximum absolute atomic E-state index is 13.3. The van der Waals surface area contributed by atoms with Gasteiger partial charge in [-0.3, -0.25) is 14.6 Å². The second kappa shape index (κ2) is 10.7. The SMILES string of the molecule is CN=C(Nc1ccccc1C=O)N1CCN(C(=O)c2ccc3nc(-c4ccc(C#N)c(Cl)c4)oc3c2)CC1. The molecule has 1 fully saturated rings. The minimum absolute atomic E-state index is 0.0971. The molecule has 1 saturated heterocycles. The van der Waals surface area contributed by atoms with Crippen molar-refractivity contribution in [3.63, 3.8) is 0 Å². The maximum Gasteiger partial charge on any atom is 0.254 e. The molecule has 9 nitrogen and oxygen atoms in total. The van der Waals surface area contributed by atoms with Crippen LogP contribution in [0.3, 0.4) is 0 Å². The zero-order valence-electron chi connectivity index (χ0n) is 20.5. The fourth-order valence-corrected chi connectivity index (χ4v) is 4.56. The molecule has 1 N–H and O–H groups in total. The summed E-state index contributed by atoms with van der Waals surface area (Å²) in [6.45, 7) is 2.20. The van der Waals surface area contributed by atoms with Gasteiger partial charge in [-0.05, 0) is 48.5 Å². The first-order chi connectivity index (χ1) is 18.5. The highest BCUT2D eigenvalue weighted by Gasteiger charge is 2.25. The fraction of sp³-hybridized carbons (Fsp3) is 0.179. The molecule has 1 aromatic heterocycles. The van der Waals surface area contributed by atoms with Crippen LogP contribution in [0, 0.1) is 11.3 Å². The van der Waals surface area contributed by atoms with Crippen LogP contribution in [0.5, 0.6) is 0 Å². The van der Waals surface area contributed by atoms with Crippen LogP contribution in [-0.2, 0) is 0 Å². The number of carbonyl (C=O) groups is 2. The Labute approximate surface area is 224 Å². The van der Waals surface area contributed by atoms with E-state index in [0.717, 1.165) is 6.29 Å². The number of hydrogen-bond acceptors (Lipinski definition) is 6. The summed E-state index contributed by atoms with van der Waals surface area (Å²) >= 11 is 6.15. The van der Waals surface area contributed by atoms with Crippen LogP contribution in [0.4, 0.5) is 5.69 Å². The van der Waals surface area contributed by atoms with Gasteiger partial charge in [0.05, 0.1) is 16.3 Å². The number of nitriles is 1. The number of aromatic nitrogens is 1. The van der Waals surface area contributed by atoms with Crippen LogP contribution < -0.4 is 5.32 Å². The van der Waals surface area contributed by atoms with Gasteiger partial charge in [-0.25, -0.2) is 4.98 Å². The molecule has 0 radical (unpaired) electrons. The number of halogens is 1. The minimum Gasteiger partial charge on any atom is -0.436 e. The molecule has 4 aromatic rings. The van der Waals surface area contributed by atoms with Crippen LogP contribution >= 0.6 is 11.6 Å². The van der Waals surface area contributed by atoms with Crippen molar-refractivity contribution in [3.05, 3.63) is 82.4 Å². The van der Waals surface area contributed by atoms with Gasteiger partial charge >= 0.3 is 0 Å². The number of guanidine groups is 1. The Morgan fingerprint density at radius 2 is 1.87 bits per heavy atom. The van der Waals surface area contributed by atoms with E-state index in [1.54, 1.807) is 54.4 Å². The van der Waals surface area contributed by atoms with Crippen molar-refractivity contribution in [1.29, 1.82) is 5.26 Å². The number of aldehydes is 1.